The summed E-state index contributed by atoms with van der Waals surface area (Å²) in [5.74, 6) is -3.68. The van der Waals surface area contributed by atoms with Crippen molar-refractivity contribution in [3.63, 3.8) is 0 Å². The Hall–Kier alpha value is -2.46. The minimum atomic E-state index is -4.10. The maximum Gasteiger partial charge on any atom is 0.344 e. The molecule has 0 spiro atoms. The number of sulfonamides is 1. The van der Waals surface area contributed by atoms with Gasteiger partial charge in [0.05, 0.1) is 18.1 Å². The minimum Gasteiger partial charge on any atom is -0.464 e. The zero-order valence-corrected chi connectivity index (χ0v) is 20.5. The van der Waals surface area contributed by atoms with Gasteiger partial charge in [-0.2, -0.15) is 4.72 Å². The number of ether oxygens (including phenoxy) is 2. The summed E-state index contributed by atoms with van der Waals surface area (Å²) in [6, 6.07) is 4.82. The van der Waals surface area contributed by atoms with Gasteiger partial charge < -0.3 is 14.8 Å². The number of amides is 1. The van der Waals surface area contributed by atoms with Crippen LogP contribution in [0, 0.1) is 12.8 Å². The molecule has 184 valence electrons. The van der Waals surface area contributed by atoms with E-state index >= 15 is 0 Å². The number of nitrogens with one attached hydrogen (secondary N) is 2. The molecule has 0 aliphatic carbocycles. The van der Waals surface area contributed by atoms with E-state index < -0.39 is 45.4 Å². The number of hydrogen-bond donors (Lipinski definition) is 2. The summed E-state index contributed by atoms with van der Waals surface area (Å²) in [5.41, 5.74) is -1.24. The van der Waals surface area contributed by atoms with Crippen LogP contribution in [0.4, 0.5) is 0 Å². The Labute approximate surface area is 195 Å². The first-order valence-electron chi connectivity index (χ1n) is 11.4. The van der Waals surface area contributed by atoms with Gasteiger partial charge in [-0.3, -0.25) is 4.79 Å². The molecule has 0 saturated carbocycles. The van der Waals surface area contributed by atoms with Crippen molar-refractivity contribution in [2.24, 2.45) is 5.92 Å². The topological polar surface area (TPSA) is 128 Å². The van der Waals surface area contributed by atoms with Gasteiger partial charge in [-0.05, 0) is 39.3 Å². The van der Waals surface area contributed by atoms with E-state index in [2.05, 4.69) is 10.0 Å². The van der Waals surface area contributed by atoms with Crippen LogP contribution in [0.3, 0.4) is 0 Å². The number of esters is 2. The first-order valence-corrected chi connectivity index (χ1v) is 12.9. The van der Waals surface area contributed by atoms with Crippen molar-refractivity contribution < 1.29 is 32.3 Å². The molecule has 1 aromatic rings. The van der Waals surface area contributed by atoms with E-state index in [4.69, 9.17) is 9.47 Å². The molecule has 0 unspecified atom stereocenters. The van der Waals surface area contributed by atoms with Crippen molar-refractivity contribution in [3.05, 3.63) is 29.8 Å². The van der Waals surface area contributed by atoms with Crippen LogP contribution in [0.2, 0.25) is 0 Å². The molecule has 0 radical (unpaired) electrons. The molecule has 2 atom stereocenters. The molecule has 2 N–H and O–H groups in total. The maximum absolute atomic E-state index is 13.0. The molecule has 1 aliphatic heterocycles. The van der Waals surface area contributed by atoms with Crippen LogP contribution < -0.4 is 10.0 Å². The fourth-order valence-corrected chi connectivity index (χ4v) is 5.27. The smallest absolute Gasteiger partial charge is 0.344 e. The van der Waals surface area contributed by atoms with Gasteiger partial charge in [0.15, 0.2) is 0 Å². The number of unbranched alkanes of at least 4 members (excludes halogenated alkanes) is 3. The Morgan fingerprint density at radius 3 is 2.09 bits per heavy atom. The summed E-state index contributed by atoms with van der Waals surface area (Å²) in [6.45, 7) is 7.01. The van der Waals surface area contributed by atoms with Gasteiger partial charge >= 0.3 is 11.9 Å². The van der Waals surface area contributed by atoms with Crippen LogP contribution in [0.1, 0.15) is 58.4 Å². The van der Waals surface area contributed by atoms with E-state index in [0.717, 1.165) is 24.8 Å². The van der Waals surface area contributed by atoms with Crippen LogP contribution in [0.5, 0.6) is 0 Å². The molecule has 33 heavy (non-hydrogen) atoms. The molecule has 0 aromatic heterocycles. The largest absolute Gasteiger partial charge is 0.464 e. The standard InChI is InChI=1S/C23H34N2O7S/c1-5-8-9-10-11-18-19(25-33(29,30)17-14-12-16(4)13-15-17)20(26)24-23(18,21(27)31-6-2)22(28)32-7-3/h12-15,18-19,25H,5-11H2,1-4H3,(H,24,26)/t18-,19-/m0/s1. The van der Waals surface area contributed by atoms with Gasteiger partial charge in [-0.15, -0.1) is 0 Å². The van der Waals surface area contributed by atoms with Gasteiger partial charge in [0.1, 0.15) is 6.04 Å². The highest BCUT2D eigenvalue weighted by molar-refractivity contribution is 7.89. The molecule has 0 bridgehead atoms. The molecule has 10 heteroatoms. The average molecular weight is 483 g/mol. The third-order valence-corrected chi connectivity index (χ3v) is 7.20. The molecule has 1 aliphatic rings. The van der Waals surface area contributed by atoms with Crippen molar-refractivity contribution in [3.8, 4) is 0 Å². The zero-order chi connectivity index (χ0) is 24.6. The second kappa shape index (κ2) is 11.6. The third kappa shape index (κ3) is 5.92. The van der Waals surface area contributed by atoms with Gasteiger partial charge in [-0.25, -0.2) is 18.0 Å². The van der Waals surface area contributed by atoms with Crippen LogP contribution in [-0.4, -0.2) is 51.1 Å². The van der Waals surface area contributed by atoms with Crippen molar-refractivity contribution in [2.75, 3.05) is 13.2 Å². The SMILES string of the molecule is CCCCCC[C@H]1[C@H](NS(=O)(=O)c2ccc(C)cc2)C(=O)NC1(C(=O)OCC)C(=O)OCC. The quantitative estimate of drug-likeness (QED) is 0.266. The molecule has 9 nitrogen and oxygen atoms in total. The summed E-state index contributed by atoms with van der Waals surface area (Å²) in [6.07, 6.45) is 3.54. The van der Waals surface area contributed by atoms with Crippen molar-refractivity contribution in [1.29, 1.82) is 0 Å². The predicted molar refractivity (Wildman–Crippen MR) is 122 cm³/mol. The van der Waals surface area contributed by atoms with Crippen LogP contribution in [0.25, 0.3) is 0 Å². The average Bonchev–Trinajstić information content (AvgIpc) is 3.04. The minimum absolute atomic E-state index is 0.0157. The Morgan fingerprint density at radius 1 is 1.00 bits per heavy atom. The lowest BCUT2D eigenvalue weighted by molar-refractivity contribution is -0.168. The van der Waals surface area contributed by atoms with Crippen LogP contribution in [0.15, 0.2) is 29.2 Å². The fraction of sp³-hybridized carbons (Fsp3) is 0.609. The number of hydrogen-bond acceptors (Lipinski definition) is 7. The second-order valence-electron chi connectivity index (χ2n) is 8.11. The highest BCUT2D eigenvalue weighted by Gasteiger charge is 2.65. The summed E-state index contributed by atoms with van der Waals surface area (Å²) in [5, 5.41) is 2.45. The lowest BCUT2D eigenvalue weighted by atomic mass is 9.79. The highest BCUT2D eigenvalue weighted by atomic mass is 32.2. The van der Waals surface area contributed by atoms with E-state index in [-0.39, 0.29) is 24.5 Å². The molecule has 1 amide bonds. The van der Waals surface area contributed by atoms with E-state index in [1.807, 2.05) is 13.8 Å². The number of aryl methyl sites for hydroxylation is 1. The van der Waals surface area contributed by atoms with Gasteiger partial charge in [0.2, 0.25) is 21.5 Å². The number of rotatable bonds is 12. The van der Waals surface area contributed by atoms with E-state index in [1.165, 1.54) is 12.1 Å². The molecule has 1 saturated heterocycles. The normalized spacial score (nSPS) is 19.7. The second-order valence-corrected chi connectivity index (χ2v) is 9.82. The fourth-order valence-electron chi connectivity index (χ4n) is 4.04. The Kier molecular flexibility index (Phi) is 9.42. The first-order chi connectivity index (χ1) is 15.6. The maximum atomic E-state index is 13.0. The number of carbonyl (C=O) groups is 3. The van der Waals surface area contributed by atoms with Crippen molar-refractivity contribution in [1.82, 2.24) is 10.0 Å². The molecular weight excluding hydrogens is 448 g/mol. The highest BCUT2D eigenvalue weighted by Crippen LogP contribution is 2.36. The van der Waals surface area contributed by atoms with E-state index in [9.17, 15) is 22.8 Å². The van der Waals surface area contributed by atoms with Crippen molar-refractivity contribution in [2.45, 2.75) is 76.3 Å². The lowest BCUT2D eigenvalue weighted by Crippen LogP contribution is -2.61. The summed E-state index contributed by atoms with van der Waals surface area (Å²) < 4.78 is 38.8. The molecule has 1 fully saturated rings. The van der Waals surface area contributed by atoms with Gasteiger partial charge in [-0.1, -0.05) is 50.3 Å². The van der Waals surface area contributed by atoms with Gasteiger partial charge in [0, 0.05) is 5.92 Å². The van der Waals surface area contributed by atoms with E-state index in [1.54, 1.807) is 26.0 Å². The third-order valence-electron chi connectivity index (χ3n) is 5.74. The Balaban J connectivity index is 2.48. The Bertz CT molecular complexity index is 926. The monoisotopic (exact) mass is 482 g/mol. The van der Waals surface area contributed by atoms with Gasteiger partial charge in [0.25, 0.3) is 0 Å². The first kappa shape index (κ1) is 26.8. The molecule has 1 heterocycles. The molecular formula is C23H34N2O7S. The molecule has 1 aromatic carbocycles. The Morgan fingerprint density at radius 2 is 1.58 bits per heavy atom. The summed E-state index contributed by atoms with van der Waals surface area (Å²) in [4.78, 5) is 39.1. The summed E-state index contributed by atoms with van der Waals surface area (Å²) >= 11 is 0. The zero-order valence-electron chi connectivity index (χ0n) is 19.7. The summed E-state index contributed by atoms with van der Waals surface area (Å²) in [7, 11) is -4.10. The van der Waals surface area contributed by atoms with Crippen LogP contribution in [-0.2, 0) is 33.9 Å². The number of carbonyl (C=O) groups excluding carboxylic acids is 3. The number of benzene rings is 1. The molecule has 2 rings (SSSR count). The van der Waals surface area contributed by atoms with E-state index in [0.29, 0.717) is 6.42 Å². The van der Waals surface area contributed by atoms with Crippen molar-refractivity contribution >= 4 is 27.9 Å². The predicted octanol–water partition coefficient (Wildman–Crippen LogP) is 2.22. The lowest BCUT2D eigenvalue weighted by Gasteiger charge is -2.31. The van der Waals surface area contributed by atoms with Crippen LogP contribution >= 0.6 is 0 Å².